The molecular formula is C13H16N2O5. The molecule has 108 valence electrons. The van der Waals surface area contributed by atoms with Gasteiger partial charge < -0.3 is 14.8 Å². The van der Waals surface area contributed by atoms with Crippen LogP contribution in [0.3, 0.4) is 0 Å². The summed E-state index contributed by atoms with van der Waals surface area (Å²) >= 11 is 0. The van der Waals surface area contributed by atoms with Crippen LogP contribution < -0.4 is 14.8 Å². The number of hydrogen-bond acceptors (Lipinski definition) is 5. The van der Waals surface area contributed by atoms with Crippen LogP contribution in [0.5, 0.6) is 11.5 Å². The number of hydrogen-bond donors (Lipinski definition) is 1. The van der Waals surface area contributed by atoms with Gasteiger partial charge in [-0.2, -0.15) is 0 Å². The molecule has 1 fully saturated rings. The SMILES string of the molecule is COc1ccc([C@@H]2NC(=O)CC[C@@H]2[N+](=O)[O-])cc1OC. The van der Waals surface area contributed by atoms with Gasteiger partial charge in [0.05, 0.1) is 14.2 Å². The van der Waals surface area contributed by atoms with Crippen LogP contribution in [0, 0.1) is 10.1 Å². The predicted molar refractivity (Wildman–Crippen MR) is 70.4 cm³/mol. The van der Waals surface area contributed by atoms with Gasteiger partial charge in [0.25, 0.3) is 0 Å². The Labute approximate surface area is 116 Å². The molecule has 1 aliphatic rings. The van der Waals surface area contributed by atoms with Gasteiger partial charge in [-0.3, -0.25) is 14.9 Å². The Morgan fingerprint density at radius 3 is 2.60 bits per heavy atom. The first-order chi connectivity index (χ1) is 9.56. The van der Waals surface area contributed by atoms with Crippen molar-refractivity contribution in [2.45, 2.75) is 24.9 Å². The smallest absolute Gasteiger partial charge is 0.237 e. The molecule has 1 aromatic rings. The van der Waals surface area contributed by atoms with Crippen molar-refractivity contribution in [1.29, 1.82) is 0 Å². The first kappa shape index (κ1) is 14.1. The zero-order chi connectivity index (χ0) is 14.7. The molecule has 1 saturated heterocycles. The summed E-state index contributed by atoms with van der Waals surface area (Å²) in [7, 11) is 3.01. The van der Waals surface area contributed by atoms with Crippen LogP contribution in [0.1, 0.15) is 24.4 Å². The van der Waals surface area contributed by atoms with Crippen LogP contribution in [-0.4, -0.2) is 31.1 Å². The topological polar surface area (TPSA) is 90.7 Å². The normalized spacial score (nSPS) is 22.0. The van der Waals surface area contributed by atoms with E-state index in [9.17, 15) is 14.9 Å². The van der Waals surface area contributed by atoms with Crippen molar-refractivity contribution in [3.8, 4) is 11.5 Å². The maximum Gasteiger partial charge on any atom is 0.237 e. The van der Waals surface area contributed by atoms with Gasteiger partial charge in [-0.25, -0.2) is 0 Å². The number of nitrogens with one attached hydrogen (secondary N) is 1. The number of ether oxygens (including phenoxy) is 2. The molecule has 1 aromatic carbocycles. The maximum atomic E-state index is 11.5. The molecule has 0 saturated carbocycles. The molecule has 1 amide bonds. The quantitative estimate of drug-likeness (QED) is 0.663. The van der Waals surface area contributed by atoms with Gasteiger partial charge in [0, 0.05) is 17.8 Å². The molecule has 0 unspecified atom stereocenters. The standard InChI is InChI=1S/C13H16N2O5/c1-19-10-5-3-8(7-11(10)20-2)13-9(15(17)18)4-6-12(16)14-13/h3,5,7,9,13H,4,6H2,1-2H3,(H,14,16)/t9-,13-/m0/s1. The molecule has 7 nitrogen and oxygen atoms in total. The van der Waals surface area contributed by atoms with Crippen LogP contribution in [0.25, 0.3) is 0 Å². The van der Waals surface area contributed by atoms with Crippen LogP contribution in [-0.2, 0) is 4.79 Å². The highest BCUT2D eigenvalue weighted by Gasteiger charge is 2.38. The predicted octanol–water partition coefficient (Wildman–Crippen LogP) is 1.30. The maximum absolute atomic E-state index is 11.5. The van der Waals surface area contributed by atoms with Crippen molar-refractivity contribution in [2.75, 3.05) is 14.2 Å². The van der Waals surface area contributed by atoms with E-state index >= 15 is 0 Å². The van der Waals surface area contributed by atoms with Gasteiger partial charge in [-0.05, 0) is 17.7 Å². The van der Waals surface area contributed by atoms with Crippen LogP contribution in [0.15, 0.2) is 18.2 Å². The van der Waals surface area contributed by atoms with Crippen molar-refractivity contribution in [1.82, 2.24) is 5.32 Å². The van der Waals surface area contributed by atoms with Gasteiger partial charge in [0.2, 0.25) is 11.9 Å². The summed E-state index contributed by atoms with van der Waals surface area (Å²) in [6.07, 6.45) is 0.410. The van der Waals surface area contributed by atoms with Gasteiger partial charge in [-0.15, -0.1) is 0 Å². The second-order valence-electron chi connectivity index (χ2n) is 4.55. The number of rotatable bonds is 4. The molecule has 0 bridgehead atoms. The Bertz CT molecular complexity index is 531. The third kappa shape index (κ3) is 2.66. The third-order valence-corrected chi connectivity index (χ3v) is 3.41. The molecular weight excluding hydrogens is 264 g/mol. The highest BCUT2D eigenvalue weighted by atomic mass is 16.6. The van der Waals surface area contributed by atoms with Gasteiger partial charge >= 0.3 is 0 Å². The lowest BCUT2D eigenvalue weighted by atomic mass is 9.92. The molecule has 0 aromatic heterocycles. The fraction of sp³-hybridized carbons (Fsp3) is 0.462. The van der Waals surface area contributed by atoms with E-state index in [-0.39, 0.29) is 23.7 Å². The first-order valence-corrected chi connectivity index (χ1v) is 6.21. The first-order valence-electron chi connectivity index (χ1n) is 6.21. The average Bonchev–Trinajstić information content (AvgIpc) is 2.46. The Balaban J connectivity index is 2.36. The number of nitrogens with zero attached hydrogens (tertiary/aromatic N) is 1. The zero-order valence-electron chi connectivity index (χ0n) is 11.3. The summed E-state index contributed by atoms with van der Waals surface area (Å²) in [6, 6.07) is 3.56. The van der Waals surface area contributed by atoms with E-state index in [4.69, 9.17) is 9.47 Å². The summed E-state index contributed by atoms with van der Waals surface area (Å²) < 4.78 is 10.3. The summed E-state index contributed by atoms with van der Waals surface area (Å²) in [6.45, 7) is 0. The fourth-order valence-electron chi connectivity index (χ4n) is 2.37. The van der Waals surface area contributed by atoms with Crippen molar-refractivity contribution in [2.24, 2.45) is 0 Å². The summed E-state index contributed by atoms with van der Waals surface area (Å²) in [5.74, 6) is 0.839. The van der Waals surface area contributed by atoms with Crippen LogP contribution in [0.2, 0.25) is 0 Å². The van der Waals surface area contributed by atoms with Gasteiger partial charge in [-0.1, -0.05) is 6.07 Å². The molecule has 0 aliphatic carbocycles. The average molecular weight is 280 g/mol. The third-order valence-electron chi connectivity index (χ3n) is 3.41. The van der Waals surface area contributed by atoms with Crippen LogP contribution in [0.4, 0.5) is 0 Å². The number of nitro groups is 1. The Hall–Kier alpha value is -2.31. The largest absolute Gasteiger partial charge is 0.493 e. The van der Waals surface area contributed by atoms with E-state index in [0.29, 0.717) is 17.1 Å². The highest BCUT2D eigenvalue weighted by Crippen LogP contribution is 2.33. The molecule has 2 rings (SSSR count). The fourth-order valence-corrected chi connectivity index (χ4v) is 2.37. The molecule has 20 heavy (non-hydrogen) atoms. The summed E-state index contributed by atoms with van der Waals surface area (Å²) in [5, 5.41) is 13.8. The molecule has 1 heterocycles. The Morgan fingerprint density at radius 2 is 2.00 bits per heavy atom. The van der Waals surface area contributed by atoms with E-state index in [0.717, 1.165) is 0 Å². The lowest BCUT2D eigenvalue weighted by Gasteiger charge is -2.27. The number of carbonyl (C=O) groups excluding carboxylic acids is 1. The summed E-state index contributed by atoms with van der Waals surface area (Å²) in [4.78, 5) is 22.3. The minimum absolute atomic E-state index is 0.176. The molecule has 1 aliphatic heterocycles. The second kappa shape index (κ2) is 5.77. The molecule has 1 N–H and O–H groups in total. The lowest BCUT2D eigenvalue weighted by molar-refractivity contribution is -0.529. The van der Waals surface area contributed by atoms with E-state index in [1.165, 1.54) is 14.2 Å². The molecule has 0 spiro atoms. The molecule has 7 heteroatoms. The van der Waals surface area contributed by atoms with Crippen molar-refractivity contribution < 1.29 is 19.2 Å². The molecule has 0 radical (unpaired) electrons. The number of amides is 1. The van der Waals surface area contributed by atoms with Gasteiger partial charge in [0.15, 0.2) is 11.5 Å². The lowest BCUT2D eigenvalue weighted by Crippen LogP contribution is -2.45. The minimum atomic E-state index is -0.828. The van der Waals surface area contributed by atoms with Crippen molar-refractivity contribution in [3.63, 3.8) is 0 Å². The van der Waals surface area contributed by atoms with Crippen molar-refractivity contribution >= 4 is 5.91 Å². The zero-order valence-corrected chi connectivity index (χ0v) is 11.3. The number of benzene rings is 1. The van der Waals surface area contributed by atoms with E-state index in [2.05, 4.69) is 5.32 Å². The summed E-state index contributed by atoms with van der Waals surface area (Å²) in [5.41, 5.74) is 0.636. The van der Waals surface area contributed by atoms with Gasteiger partial charge in [0.1, 0.15) is 6.04 Å². The van der Waals surface area contributed by atoms with E-state index in [1.807, 2.05) is 0 Å². The minimum Gasteiger partial charge on any atom is -0.493 e. The second-order valence-corrected chi connectivity index (χ2v) is 4.55. The number of carbonyl (C=O) groups is 1. The Morgan fingerprint density at radius 1 is 1.30 bits per heavy atom. The molecule has 2 atom stereocenters. The highest BCUT2D eigenvalue weighted by molar-refractivity contribution is 5.77. The number of methoxy groups -OCH3 is 2. The van der Waals surface area contributed by atoms with Crippen LogP contribution >= 0.6 is 0 Å². The monoisotopic (exact) mass is 280 g/mol. The number of piperidine rings is 1. The Kier molecular flexibility index (Phi) is 4.07. The van der Waals surface area contributed by atoms with E-state index in [1.54, 1.807) is 18.2 Å². The van der Waals surface area contributed by atoms with E-state index < -0.39 is 12.1 Å². The van der Waals surface area contributed by atoms with Crippen molar-refractivity contribution in [3.05, 3.63) is 33.9 Å².